The van der Waals surface area contributed by atoms with Gasteiger partial charge < -0.3 is 9.84 Å². The minimum absolute atomic E-state index is 0.0571. The van der Waals surface area contributed by atoms with E-state index in [9.17, 15) is 9.90 Å². The van der Waals surface area contributed by atoms with Crippen molar-refractivity contribution in [3.63, 3.8) is 0 Å². The molecule has 22 heavy (non-hydrogen) atoms. The number of nitrogens with zero attached hydrogens (tertiary/aromatic N) is 1. The minimum Gasteiger partial charge on any atom is -0.390 e. The van der Waals surface area contributed by atoms with Crippen LogP contribution in [0.4, 0.5) is 5.69 Å². The van der Waals surface area contributed by atoms with Gasteiger partial charge in [0, 0.05) is 11.6 Å². The van der Waals surface area contributed by atoms with Gasteiger partial charge in [-0.05, 0) is 43.2 Å². The van der Waals surface area contributed by atoms with Crippen LogP contribution < -0.4 is 4.90 Å². The number of anilines is 1. The van der Waals surface area contributed by atoms with Crippen molar-refractivity contribution < 1.29 is 14.6 Å². The van der Waals surface area contributed by atoms with E-state index in [0.29, 0.717) is 5.92 Å². The lowest BCUT2D eigenvalue weighted by atomic mass is 9.76. The molecule has 2 aliphatic carbocycles. The quantitative estimate of drug-likeness (QED) is 0.910. The Morgan fingerprint density at radius 1 is 1.36 bits per heavy atom. The Kier molecular flexibility index (Phi) is 2.33. The number of aryl methyl sites for hydroxylation is 1. The Morgan fingerprint density at radius 3 is 2.86 bits per heavy atom. The predicted molar refractivity (Wildman–Crippen MR) is 81.1 cm³/mol. The van der Waals surface area contributed by atoms with Gasteiger partial charge in [-0.25, -0.2) is 0 Å². The second kappa shape index (κ2) is 3.92. The van der Waals surface area contributed by atoms with Gasteiger partial charge in [-0.3, -0.25) is 9.69 Å². The van der Waals surface area contributed by atoms with Gasteiger partial charge in [0.15, 0.2) is 5.72 Å². The number of benzene rings is 1. The van der Waals surface area contributed by atoms with E-state index in [1.54, 1.807) is 0 Å². The van der Waals surface area contributed by atoms with Gasteiger partial charge in [0.1, 0.15) is 0 Å². The van der Waals surface area contributed by atoms with E-state index in [4.69, 9.17) is 4.74 Å². The zero-order valence-corrected chi connectivity index (χ0v) is 12.9. The van der Waals surface area contributed by atoms with Crippen molar-refractivity contribution in [2.24, 2.45) is 23.7 Å². The van der Waals surface area contributed by atoms with Crippen molar-refractivity contribution in [3.05, 3.63) is 29.8 Å². The minimum atomic E-state index is -0.546. The molecule has 2 heterocycles. The average Bonchev–Trinajstić information content (AvgIpc) is 3.17. The van der Waals surface area contributed by atoms with Gasteiger partial charge in [0.2, 0.25) is 5.91 Å². The third-order valence-corrected chi connectivity index (χ3v) is 6.66. The average molecular weight is 299 g/mol. The molecule has 7 atom stereocenters. The lowest BCUT2D eigenvalue weighted by molar-refractivity contribution is -0.133. The molecule has 4 fully saturated rings. The molecule has 1 aromatic rings. The fourth-order valence-corrected chi connectivity index (χ4v) is 5.90. The Balaban J connectivity index is 1.70. The van der Waals surface area contributed by atoms with Gasteiger partial charge >= 0.3 is 0 Å². The fraction of sp³-hybridized carbons (Fsp3) is 0.611. The number of aliphatic hydroxyl groups excluding tert-OH is 1. The number of ether oxygens (including phenoxy) is 1. The van der Waals surface area contributed by atoms with Crippen LogP contribution in [0.1, 0.15) is 25.3 Å². The normalized spacial score (nSPS) is 47.8. The molecule has 4 nitrogen and oxygen atoms in total. The number of hydrogen-bond acceptors (Lipinski definition) is 3. The highest BCUT2D eigenvalue weighted by atomic mass is 16.6. The highest BCUT2D eigenvalue weighted by Crippen LogP contribution is 2.68. The van der Waals surface area contributed by atoms with Gasteiger partial charge in [0.05, 0.1) is 18.1 Å². The molecule has 5 rings (SSSR count). The van der Waals surface area contributed by atoms with Gasteiger partial charge in [-0.15, -0.1) is 0 Å². The van der Waals surface area contributed by atoms with Crippen LogP contribution in [0.5, 0.6) is 0 Å². The van der Waals surface area contributed by atoms with Crippen molar-refractivity contribution >= 4 is 11.6 Å². The first-order valence-electron chi connectivity index (χ1n) is 8.35. The summed E-state index contributed by atoms with van der Waals surface area (Å²) in [6, 6.07) is 8.04. The summed E-state index contributed by atoms with van der Waals surface area (Å²) < 4.78 is 6.43. The molecule has 1 aromatic carbocycles. The number of carbonyl (C=O) groups is 1. The van der Waals surface area contributed by atoms with Crippen molar-refractivity contribution in [2.75, 3.05) is 4.90 Å². The van der Waals surface area contributed by atoms with Crippen molar-refractivity contribution in [2.45, 2.75) is 44.6 Å². The number of fused-ring (bicyclic) bond motifs is 2. The molecule has 116 valence electrons. The largest absolute Gasteiger partial charge is 0.390 e. The SMILES string of the molecule is CCC12OC3C(O)C4CC3C1C4C(=O)N2c1ccccc1C. The van der Waals surface area contributed by atoms with Gasteiger partial charge in [-0.2, -0.15) is 0 Å². The summed E-state index contributed by atoms with van der Waals surface area (Å²) in [5.41, 5.74) is 1.53. The molecule has 2 saturated heterocycles. The highest BCUT2D eigenvalue weighted by Gasteiger charge is 2.78. The summed E-state index contributed by atoms with van der Waals surface area (Å²) in [4.78, 5) is 15.1. The molecule has 2 bridgehead atoms. The second-order valence-corrected chi connectivity index (χ2v) is 7.35. The first kappa shape index (κ1) is 13.1. The molecular formula is C18H21NO3. The second-order valence-electron chi connectivity index (χ2n) is 7.35. The lowest BCUT2D eigenvalue weighted by Crippen LogP contribution is -2.51. The third-order valence-electron chi connectivity index (χ3n) is 6.66. The zero-order chi connectivity index (χ0) is 15.2. The first-order chi connectivity index (χ1) is 10.6. The predicted octanol–water partition coefficient (Wildman–Crippen LogP) is 2.09. The lowest BCUT2D eigenvalue weighted by Gasteiger charge is -2.39. The summed E-state index contributed by atoms with van der Waals surface area (Å²) in [6.45, 7) is 4.15. The van der Waals surface area contributed by atoms with Gasteiger partial charge in [0.25, 0.3) is 0 Å². The highest BCUT2D eigenvalue weighted by molar-refractivity contribution is 6.01. The van der Waals surface area contributed by atoms with E-state index >= 15 is 0 Å². The van der Waals surface area contributed by atoms with E-state index in [1.807, 2.05) is 36.1 Å². The van der Waals surface area contributed by atoms with Crippen LogP contribution in [0.3, 0.4) is 0 Å². The summed E-state index contributed by atoms with van der Waals surface area (Å²) in [6.07, 6.45) is 1.20. The topological polar surface area (TPSA) is 49.8 Å². The van der Waals surface area contributed by atoms with Crippen LogP contribution in [0.2, 0.25) is 0 Å². The summed E-state index contributed by atoms with van der Waals surface area (Å²) >= 11 is 0. The van der Waals surface area contributed by atoms with E-state index in [1.165, 1.54) is 0 Å². The standard InChI is InChI=1S/C18H21NO3/c1-3-18-14-11-8-10(15(20)16(11)22-18)13(14)17(21)19(18)12-7-5-4-6-9(12)2/h4-7,10-11,13-16,20H,3,8H2,1-2H3. The Labute approximate surface area is 130 Å². The van der Waals surface area contributed by atoms with Crippen molar-refractivity contribution in [1.82, 2.24) is 0 Å². The van der Waals surface area contributed by atoms with Crippen molar-refractivity contribution in [1.29, 1.82) is 0 Å². The van der Waals surface area contributed by atoms with Crippen LogP contribution >= 0.6 is 0 Å². The monoisotopic (exact) mass is 299 g/mol. The summed E-state index contributed by atoms with van der Waals surface area (Å²) in [5.74, 6) is 0.796. The van der Waals surface area contributed by atoms with Crippen LogP contribution in [0.25, 0.3) is 0 Å². The zero-order valence-electron chi connectivity index (χ0n) is 12.9. The Bertz CT molecular complexity index is 674. The van der Waals surface area contributed by atoms with E-state index in [-0.39, 0.29) is 29.8 Å². The molecule has 1 amide bonds. The van der Waals surface area contributed by atoms with E-state index < -0.39 is 11.8 Å². The van der Waals surface area contributed by atoms with Crippen LogP contribution in [-0.2, 0) is 9.53 Å². The van der Waals surface area contributed by atoms with Crippen LogP contribution in [0.15, 0.2) is 24.3 Å². The molecule has 0 aromatic heterocycles. The van der Waals surface area contributed by atoms with Crippen LogP contribution in [-0.4, -0.2) is 28.9 Å². The van der Waals surface area contributed by atoms with E-state index in [0.717, 1.165) is 24.1 Å². The molecule has 4 heteroatoms. The molecule has 2 saturated carbocycles. The molecule has 2 aliphatic heterocycles. The maximum atomic E-state index is 13.2. The molecular weight excluding hydrogens is 278 g/mol. The number of aliphatic hydroxyl groups is 1. The Morgan fingerprint density at radius 2 is 2.14 bits per heavy atom. The molecule has 7 unspecified atom stereocenters. The molecule has 0 spiro atoms. The summed E-state index contributed by atoms with van der Waals surface area (Å²) in [7, 11) is 0. The van der Waals surface area contributed by atoms with E-state index in [2.05, 4.69) is 6.92 Å². The number of hydrogen-bond donors (Lipinski definition) is 1. The molecule has 4 aliphatic rings. The maximum Gasteiger partial charge on any atom is 0.233 e. The number of carbonyl (C=O) groups excluding carboxylic acids is 1. The third kappa shape index (κ3) is 1.19. The maximum absolute atomic E-state index is 13.2. The first-order valence-corrected chi connectivity index (χ1v) is 8.35. The molecule has 0 radical (unpaired) electrons. The number of rotatable bonds is 2. The number of amides is 1. The van der Waals surface area contributed by atoms with Crippen LogP contribution in [0, 0.1) is 30.6 Å². The van der Waals surface area contributed by atoms with Crippen molar-refractivity contribution in [3.8, 4) is 0 Å². The number of para-hydroxylation sites is 1. The summed E-state index contributed by atoms with van der Waals surface area (Å²) in [5, 5.41) is 10.5. The smallest absolute Gasteiger partial charge is 0.233 e. The van der Waals surface area contributed by atoms with Gasteiger partial charge in [-0.1, -0.05) is 25.1 Å². The molecule has 1 N–H and O–H groups in total. The Hall–Kier alpha value is -1.39. The fourth-order valence-electron chi connectivity index (χ4n) is 5.90.